The van der Waals surface area contributed by atoms with Crippen molar-refractivity contribution in [2.24, 2.45) is 0 Å². The third kappa shape index (κ3) is 5.16. The van der Waals surface area contributed by atoms with Gasteiger partial charge in [-0.15, -0.1) is 0 Å². The number of carbonyl (C=O) groups excluding carboxylic acids is 1. The largest absolute Gasteiger partial charge is 0.335 e. The van der Waals surface area contributed by atoms with E-state index in [1.54, 1.807) is 17.0 Å². The van der Waals surface area contributed by atoms with Gasteiger partial charge in [0.2, 0.25) is 15.9 Å². The number of nitrogens with one attached hydrogen (secondary N) is 1. The van der Waals surface area contributed by atoms with E-state index < -0.39 is 10.0 Å². The summed E-state index contributed by atoms with van der Waals surface area (Å²) in [6.07, 6.45) is 0.860. The summed E-state index contributed by atoms with van der Waals surface area (Å²) in [5, 5.41) is 0. The van der Waals surface area contributed by atoms with Gasteiger partial charge in [-0.25, -0.2) is 13.1 Å². The van der Waals surface area contributed by atoms with Crippen LogP contribution in [0.3, 0.4) is 0 Å². The summed E-state index contributed by atoms with van der Waals surface area (Å²) in [5.74, 6) is -0.0900. The zero-order valence-corrected chi connectivity index (χ0v) is 16.3. The molecule has 1 unspecified atom stereocenters. The van der Waals surface area contributed by atoms with Crippen molar-refractivity contribution in [3.05, 3.63) is 65.7 Å². The van der Waals surface area contributed by atoms with Crippen molar-refractivity contribution in [3.63, 3.8) is 0 Å². The van der Waals surface area contributed by atoms with Crippen molar-refractivity contribution in [2.75, 3.05) is 13.1 Å². The highest BCUT2D eigenvalue weighted by Gasteiger charge is 2.19. The first-order chi connectivity index (χ1) is 12.3. The average molecular weight is 375 g/mol. The van der Waals surface area contributed by atoms with Crippen LogP contribution in [-0.2, 0) is 21.2 Å². The van der Waals surface area contributed by atoms with Crippen LogP contribution in [0.25, 0.3) is 0 Å². The number of nitrogens with zero attached hydrogens (tertiary/aromatic N) is 1. The molecule has 0 saturated carbocycles. The molecular formula is C20H26N2O3S. The minimum atomic E-state index is -3.58. The van der Waals surface area contributed by atoms with Crippen molar-refractivity contribution in [1.29, 1.82) is 0 Å². The zero-order valence-electron chi connectivity index (χ0n) is 15.5. The Labute approximate surface area is 156 Å². The number of aryl methyl sites for hydroxylation is 1. The third-order valence-corrected chi connectivity index (χ3v) is 5.92. The Morgan fingerprint density at radius 1 is 1.08 bits per heavy atom. The van der Waals surface area contributed by atoms with Gasteiger partial charge in [-0.3, -0.25) is 4.79 Å². The Balaban J connectivity index is 2.01. The monoisotopic (exact) mass is 374 g/mol. The van der Waals surface area contributed by atoms with E-state index in [2.05, 4.69) is 4.72 Å². The molecular weight excluding hydrogens is 348 g/mol. The first-order valence-corrected chi connectivity index (χ1v) is 10.2. The smallest absolute Gasteiger partial charge is 0.240 e. The van der Waals surface area contributed by atoms with Crippen LogP contribution in [0.15, 0.2) is 59.5 Å². The fourth-order valence-electron chi connectivity index (χ4n) is 2.82. The van der Waals surface area contributed by atoms with Crippen LogP contribution >= 0.6 is 0 Å². The van der Waals surface area contributed by atoms with E-state index in [0.29, 0.717) is 6.54 Å². The SMILES string of the molecule is CCc1ccc(S(=O)(=O)NCCN(C(C)=O)C(C)c2ccccc2)cc1. The molecule has 0 aromatic heterocycles. The highest BCUT2D eigenvalue weighted by molar-refractivity contribution is 7.89. The summed E-state index contributed by atoms with van der Waals surface area (Å²) in [6, 6.07) is 16.4. The fourth-order valence-corrected chi connectivity index (χ4v) is 3.84. The number of hydrogen-bond acceptors (Lipinski definition) is 3. The molecule has 0 radical (unpaired) electrons. The predicted molar refractivity (Wildman–Crippen MR) is 103 cm³/mol. The molecule has 0 fully saturated rings. The van der Waals surface area contributed by atoms with E-state index in [1.165, 1.54) is 6.92 Å². The predicted octanol–water partition coefficient (Wildman–Crippen LogP) is 3.14. The third-order valence-electron chi connectivity index (χ3n) is 4.44. The van der Waals surface area contributed by atoms with Crippen molar-refractivity contribution >= 4 is 15.9 Å². The topological polar surface area (TPSA) is 66.5 Å². The lowest BCUT2D eigenvalue weighted by molar-refractivity contribution is -0.130. The lowest BCUT2D eigenvalue weighted by Crippen LogP contribution is -2.39. The van der Waals surface area contributed by atoms with E-state index in [0.717, 1.165) is 17.5 Å². The summed E-state index contributed by atoms with van der Waals surface area (Å²) in [4.78, 5) is 13.9. The Kier molecular flexibility index (Phi) is 6.94. The molecule has 0 spiro atoms. The minimum absolute atomic E-state index is 0.0900. The number of sulfonamides is 1. The molecule has 2 aromatic rings. The van der Waals surface area contributed by atoms with Gasteiger partial charge in [0.15, 0.2) is 0 Å². The van der Waals surface area contributed by atoms with Crippen LogP contribution in [0.1, 0.15) is 37.9 Å². The molecule has 0 saturated heterocycles. The Bertz CT molecular complexity index is 818. The van der Waals surface area contributed by atoms with Gasteiger partial charge in [-0.1, -0.05) is 49.4 Å². The molecule has 2 aromatic carbocycles. The van der Waals surface area contributed by atoms with Crippen LogP contribution in [0.2, 0.25) is 0 Å². The van der Waals surface area contributed by atoms with Crippen LogP contribution in [0.4, 0.5) is 0 Å². The molecule has 6 heteroatoms. The maximum atomic E-state index is 12.4. The number of carbonyl (C=O) groups is 1. The molecule has 1 N–H and O–H groups in total. The number of hydrogen-bond donors (Lipinski definition) is 1. The average Bonchev–Trinajstić information content (AvgIpc) is 2.65. The molecule has 1 atom stereocenters. The van der Waals surface area contributed by atoms with Crippen LogP contribution in [0.5, 0.6) is 0 Å². The van der Waals surface area contributed by atoms with Gasteiger partial charge in [-0.2, -0.15) is 0 Å². The van der Waals surface area contributed by atoms with E-state index in [9.17, 15) is 13.2 Å². The van der Waals surface area contributed by atoms with Gasteiger partial charge >= 0.3 is 0 Å². The first-order valence-electron chi connectivity index (χ1n) is 8.76. The highest BCUT2D eigenvalue weighted by Crippen LogP contribution is 2.19. The van der Waals surface area contributed by atoms with Crippen LogP contribution < -0.4 is 4.72 Å². The maximum absolute atomic E-state index is 12.4. The van der Waals surface area contributed by atoms with Gasteiger partial charge in [0.25, 0.3) is 0 Å². The van der Waals surface area contributed by atoms with Crippen molar-refractivity contribution < 1.29 is 13.2 Å². The summed E-state index contributed by atoms with van der Waals surface area (Å²) < 4.78 is 27.4. The maximum Gasteiger partial charge on any atom is 0.240 e. The van der Waals surface area contributed by atoms with Gasteiger partial charge < -0.3 is 4.90 Å². The molecule has 26 heavy (non-hydrogen) atoms. The molecule has 0 bridgehead atoms. The van der Waals surface area contributed by atoms with E-state index in [4.69, 9.17) is 0 Å². The summed E-state index contributed by atoms with van der Waals surface area (Å²) in [5.41, 5.74) is 2.10. The first kappa shape index (κ1) is 20.1. The van der Waals surface area contributed by atoms with E-state index in [-0.39, 0.29) is 23.4 Å². The summed E-state index contributed by atoms with van der Waals surface area (Å²) >= 11 is 0. The van der Waals surface area contributed by atoms with Gasteiger partial charge in [-0.05, 0) is 36.6 Å². The standard InChI is InChI=1S/C20H26N2O3S/c1-4-18-10-12-20(13-11-18)26(24,25)21-14-15-22(17(3)23)16(2)19-8-6-5-7-9-19/h5-13,16,21H,4,14-15H2,1-3H3. The van der Waals surface area contributed by atoms with Gasteiger partial charge in [0.1, 0.15) is 0 Å². The second kappa shape index (κ2) is 8.96. The van der Waals surface area contributed by atoms with Crippen LogP contribution in [0, 0.1) is 0 Å². The van der Waals surface area contributed by atoms with Gasteiger partial charge in [0, 0.05) is 20.0 Å². The Morgan fingerprint density at radius 3 is 2.23 bits per heavy atom. The Hall–Kier alpha value is -2.18. The molecule has 5 nitrogen and oxygen atoms in total. The molecule has 0 heterocycles. The van der Waals surface area contributed by atoms with Crippen molar-refractivity contribution in [3.8, 4) is 0 Å². The van der Waals surface area contributed by atoms with Crippen LogP contribution in [-0.4, -0.2) is 32.3 Å². The zero-order chi connectivity index (χ0) is 19.2. The number of benzene rings is 2. The quantitative estimate of drug-likeness (QED) is 0.772. The normalized spacial score (nSPS) is 12.6. The van der Waals surface area contributed by atoms with E-state index >= 15 is 0 Å². The van der Waals surface area contributed by atoms with Crippen molar-refractivity contribution in [2.45, 2.75) is 38.1 Å². The molecule has 2 rings (SSSR count). The molecule has 1 amide bonds. The minimum Gasteiger partial charge on any atom is -0.335 e. The number of rotatable bonds is 8. The lowest BCUT2D eigenvalue weighted by atomic mass is 10.1. The second-order valence-electron chi connectivity index (χ2n) is 6.19. The molecule has 0 aliphatic rings. The van der Waals surface area contributed by atoms with E-state index in [1.807, 2.05) is 56.3 Å². The summed E-state index contributed by atoms with van der Waals surface area (Å²) in [6.45, 7) is 5.92. The summed E-state index contributed by atoms with van der Waals surface area (Å²) in [7, 11) is -3.58. The van der Waals surface area contributed by atoms with Gasteiger partial charge in [0.05, 0.1) is 10.9 Å². The van der Waals surface area contributed by atoms with Crippen molar-refractivity contribution in [1.82, 2.24) is 9.62 Å². The Morgan fingerprint density at radius 2 is 1.69 bits per heavy atom. The molecule has 0 aliphatic heterocycles. The molecule has 0 aliphatic carbocycles. The molecule has 140 valence electrons. The fraction of sp³-hybridized carbons (Fsp3) is 0.350. The lowest BCUT2D eigenvalue weighted by Gasteiger charge is -2.28. The highest BCUT2D eigenvalue weighted by atomic mass is 32.2. The number of amides is 1. The second-order valence-corrected chi connectivity index (χ2v) is 7.96.